The molecule has 0 unspecified atom stereocenters. The van der Waals surface area contributed by atoms with Gasteiger partial charge in [0, 0.05) is 0 Å². The Morgan fingerprint density at radius 2 is 1.43 bits per heavy atom. The highest BCUT2D eigenvalue weighted by Crippen LogP contribution is 1.59. The second-order valence-corrected chi connectivity index (χ2v) is 0.442. The Balaban J connectivity index is 2.45. The van der Waals surface area contributed by atoms with Crippen molar-refractivity contribution < 1.29 is 20.0 Å². The van der Waals surface area contributed by atoms with E-state index >= 15 is 0 Å². The molecule has 0 atom stereocenters. The third-order valence-corrected chi connectivity index (χ3v) is 0.164. The topological polar surface area (TPSA) is 101 Å². The van der Waals surface area contributed by atoms with Gasteiger partial charge in [-0.25, -0.2) is 0 Å². The first-order chi connectivity index (χ1) is 3.41. The Hall–Kier alpha value is -0.280. The van der Waals surface area contributed by atoms with Gasteiger partial charge in [-0.05, 0) is 5.64 Å². The van der Waals surface area contributed by atoms with Gasteiger partial charge in [0.05, 0.1) is 0 Å². The number of nitrogens with two attached hydrogens (primary N) is 2. The number of rotatable bonds is 4. The van der Waals surface area contributed by atoms with E-state index in [0.29, 0.717) is 0 Å². The highest BCUT2D eigenvalue weighted by atomic mass is 17.4. The minimum atomic E-state index is 1.59. The van der Waals surface area contributed by atoms with Crippen LogP contribution in [-0.4, -0.2) is 0 Å². The van der Waals surface area contributed by atoms with Crippen molar-refractivity contribution in [2.45, 2.75) is 0 Å². The molecule has 0 bridgehead atoms. The molecule has 0 heterocycles. The minimum Gasteiger partial charge on any atom is -0.181 e. The maximum absolute atomic E-state index is 4.31. The molecular formula is H5N3O4. The third kappa shape index (κ3) is 5.72. The molecule has 0 spiro atoms. The van der Waals surface area contributed by atoms with E-state index in [-0.39, 0.29) is 0 Å². The van der Waals surface area contributed by atoms with Crippen LogP contribution in [0.25, 0.3) is 0 Å². The van der Waals surface area contributed by atoms with E-state index in [9.17, 15) is 0 Å². The average Bonchev–Trinajstić information content (AvgIpc) is 1.69. The summed E-state index contributed by atoms with van der Waals surface area (Å²) < 4.78 is 0. The van der Waals surface area contributed by atoms with Gasteiger partial charge in [0.25, 0.3) is 0 Å². The summed E-state index contributed by atoms with van der Waals surface area (Å²) in [6.45, 7) is 0. The largest absolute Gasteiger partial charge is 0.181 e. The lowest BCUT2D eigenvalue weighted by Crippen LogP contribution is -2.20. The van der Waals surface area contributed by atoms with Crippen LogP contribution in [0.1, 0.15) is 0 Å². The van der Waals surface area contributed by atoms with Crippen LogP contribution in [0.5, 0.6) is 0 Å². The van der Waals surface area contributed by atoms with Gasteiger partial charge in [0.2, 0.25) is 0 Å². The van der Waals surface area contributed by atoms with Crippen LogP contribution in [0.3, 0.4) is 0 Å². The second-order valence-electron chi connectivity index (χ2n) is 0.442. The van der Waals surface area contributed by atoms with Crippen molar-refractivity contribution in [2.24, 2.45) is 11.8 Å². The van der Waals surface area contributed by atoms with Gasteiger partial charge in [-0.2, -0.15) is 11.8 Å². The third-order valence-electron chi connectivity index (χ3n) is 0.164. The standard InChI is InChI=1S/H5N3O4/c1-4-6-3-7-5-2/h3H,1-2H2. The van der Waals surface area contributed by atoms with E-state index < -0.39 is 0 Å². The van der Waals surface area contributed by atoms with Gasteiger partial charge >= 0.3 is 0 Å². The molecule has 0 aliphatic heterocycles. The molecule has 7 heteroatoms. The maximum Gasteiger partial charge on any atom is -0.0101 e. The molecule has 0 aliphatic rings. The van der Waals surface area contributed by atoms with Crippen LogP contribution >= 0.6 is 0 Å². The van der Waals surface area contributed by atoms with Crippen molar-refractivity contribution in [1.82, 2.24) is 5.64 Å². The summed E-state index contributed by atoms with van der Waals surface area (Å²) in [5, 5.41) is 0. The van der Waals surface area contributed by atoms with Gasteiger partial charge in [-0.1, -0.05) is 9.98 Å². The lowest BCUT2D eigenvalue weighted by Gasteiger charge is -1.94. The molecule has 0 aromatic carbocycles. The van der Waals surface area contributed by atoms with Crippen LogP contribution in [0.2, 0.25) is 0 Å². The first kappa shape index (κ1) is 6.72. The smallest absolute Gasteiger partial charge is 0.0101 e. The molecule has 0 saturated carbocycles. The molecule has 0 fully saturated rings. The zero-order chi connectivity index (χ0) is 5.54. The Labute approximate surface area is 38.7 Å². The molecule has 0 aromatic rings. The molecule has 0 aromatic heterocycles. The van der Waals surface area contributed by atoms with Crippen LogP contribution in [0.15, 0.2) is 0 Å². The molecule has 0 amide bonds. The molecular weight excluding hydrogens is 106 g/mol. The summed E-state index contributed by atoms with van der Waals surface area (Å²) in [4.78, 5) is 14.3. The van der Waals surface area contributed by atoms with Gasteiger partial charge in [0.1, 0.15) is 0 Å². The maximum atomic E-state index is 4.31. The Bertz CT molecular complexity index is 26.1. The predicted octanol–water partition coefficient (Wildman–Crippen LogP) is -1.95. The molecule has 5 N–H and O–H groups in total. The number of hydrogen-bond acceptors (Lipinski definition) is 7. The Kier molecular flexibility index (Phi) is 5.49. The normalized spacial score (nSPS) is 9.43. The Morgan fingerprint density at radius 3 is 1.71 bits per heavy atom. The summed E-state index contributed by atoms with van der Waals surface area (Å²) >= 11 is 0. The lowest BCUT2D eigenvalue weighted by atomic mass is 13.1. The van der Waals surface area contributed by atoms with Crippen molar-refractivity contribution >= 4 is 0 Å². The van der Waals surface area contributed by atoms with Gasteiger partial charge in [-0.15, -0.1) is 9.98 Å². The van der Waals surface area contributed by atoms with Crippen molar-refractivity contribution in [3.05, 3.63) is 0 Å². The van der Waals surface area contributed by atoms with Crippen LogP contribution in [0, 0.1) is 0 Å². The van der Waals surface area contributed by atoms with Gasteiger partial charge < -0.3 is 0 Å². The number of nitrogens with one attached hydrogen (secondary N) is 1. The summed E-state index contributed by atoms with van der Waals surface area (Å²) in [6.07, 6.45) is 0. The van der Waals surface area contributed by atoms with E-state index in [4.69, 9.17) is 0 Å². The fourth-order valence-electron chi connectivity index (χ4n) is 0.0532. The fraction of sp³-hybridized carbons (Fsp3) is 0. The summed E-state index contributed by atoms with van der Waals surface area (Å²) in [7, 11) is 0. The van der Waals surface area contributed by atoms with Crippen molar-refractivity contribution in [3.63, 3.8) is 0 Å². The molecule has 7 nitrogen and oxygen atoms in total. The minimum absolute atomic E-state index is 1.59. The van der Waals surface area contributed by atoms with Crippen molar-refractivity contribution in [3.8, 4) is 0 Å². The van der Waals surface area contributed by atoms with Gasteiger partial charge in [0.15, 0.2) is 0 Å². The predicted molar refractivity (Wildman–Crippen MR) is 15.9 cm³/mol. The molecule has 7 heavy (non-hydrogen) atoms. The van der Waals surface area contributed by atoms with E-state index in [1.165, 1.54) is 0 Å². The van der Waals surface area contributed by atoms with E-state index in [1.54, 1.807) is 5.64 Å². The van der Waals surface area contributed by atoms with Gasteiger partial charge in [-0.3, -0.25) is 0 Å². The highest BCUT2D eigenvalue weighted by molar-refractivity contribution is 3.41. The second kappa shape index (κ2) is 5.72. The zero-order valence-electron chi connectivity index (χ0n) is 3.29. The van der Waals surface area contributed by atoms with Crippen molar-refractivity contribution in [1.29, 1.82) is 0 Å². The molecule has 0 radical (unpaired) electrons. The molecule has 44 valence electrons. The summed E-state index contributed by atoms with van der Waals surface area (Å²) in [6, 6.07) is 0. The van der Waals surface area contributed by atoms with E-state index in [2.05, 4.69) is 31.7 Å². The summed E-state index contributed by atoms with van der Waals surface area (Å²) in [5.41, 5.74) is 1.59. The molecule has 0 rings (SSSR count). The monoisotopic (exact) mass is 111 g/mol. The zero-order valence-corrected chi connectivity index (χ0v) is 3.29. The summed E-state index contributed by atoms with van der Waals surface area (Å²) in [5.74, 6) is 8.62. The lowest BCUT2D eigenvalue weighted by molar-refractivity contribution is -0.490. The first-order valence-electron chi connectivity index (χ1n) is 1.21. The van der Waals surface area contributed by atoms with Crippen LogP contribution in [-0.2, 0) is 20.0 Å². The number of hydrogen-bond donors (Lipinski definition) is 3. The average molecular weight is 111 g/mol. The molecule has 0 saturated heterocycles. The Morgan fingerprint density at radius 1 is 1.00 bits per heavy atom. The first-order valence-corrected chi connectivity index (χ1v) is 1.21. The van der Waals surface area contributed by atoms with Crippen LogP contribution < -0.4 is 17.4 Å². The van der Waals surface area contributed by atoms with Crippen LogP contribution in [0.4, 0.5) is 0 Å². The van der Waals surface area contributed by atoms with E-state index in [1.807, 2.05) is 0 Å². The van der Waals surface area contributed by atoms with E-state index in [0.717, 1.165) is 0 Å². The quantitative estimate of drug-likeness (QED) is 0.220. The highest BCUT2D eigenvalue weighted by Gasteiger charge is 1.77. The molecule has 0 aliphatic carbocycles. The SMILES string of the molecule is NOONOON. The van der Waals surface area contributed by atoms with Crippen molar-refractivity contribution in [2.75, 3.05) is 0 Å². The fourth-order valence-corrected chi connectivity index (χ4v) is 0.0532.